The number of carboxylic acid groups (broad SMARTS) is 1. The highest BCUT2D eigenvalue weighted by Gasteiger charge is 2.46. The fraction of sp³-hybridized carbons (Fsp3) is 0.857. The molecule has 0 spiro atoms. The fourth-order valence-electron chi connectivity index (χ4n) is 3.02. The van der Waals surface area contributed by atoms with Crippen LogP contribution < -0.4 is 0 Å². The standard InChI is InChI=1S/C14H25NO3/c1-4-9-15(10-16)14(13(17)18)7-5-12(6-8-14)11(2)3/h10-12H,4-9H2,1-3H3,(H,17,18). The number of carbonyl (C=O) groups excluding carboxylic acids is 1. The summed E-state index contributed by atoms with van der Waals surface area (Å²) in [5.74, 6) is 0.338. The highest BCUT2D eigenvalue weighted by Crippen LogP contribution is 2.39. The van der Waals surface area contributed by atoms with Gasteiger partial charge in [-0.25, -0.2) is 4.79 Å². The second-order valence-electron chi connectivity index (χ2n) is 5.72. The summed E-state index contributed by atoms with van der Waals surface area (Å²) in [5.41, 5.74) is -0.955. The molecule has 1 saturated carbocycles. The molecule has 18 heavy (non-hydrogen) atoms. The minimum atomic E-state index is -0.955. The van der Waals surface area contributed by atoms with Crippen molar-refractivity contribution in [2.45, 2.75) is 58.4 Å². The van der Waals surface area contributed by atoms with Crippen molar-refractivity contribution in [1.29, 1.82) is 0 Å². The molecule has 0 unspecified atom stereocenters. The van der Waals surface area contributed by atoms with Crippen LogP contribution in [-0.2, 0) is 9.59 Å². The predicted octanol–water partition coefficient (Wildman–Crippen LogP) is 2.52. The second kappa shape index (κ2) is 6.21. The monoisotopic (exact) mass is 255 g/mol. The van der Waals surface area contributed by atoms with Crippen LogP contribution in [-0.4, -0.2) is 34.5 Å². The van der Waals surface area contributed by atoms with Gasteiger partial charge in [-0.2, -0.15) is 0 Å². The average molecular weight is 255 g/mol. The summed E-state index contributed by atoms with van der Waals surface area (Å²) in [7, 11) is 0. The molecule has 1 aliphatic rings. The van der Waals surface area contributed by atoms with Gasteiger partial charge in [-0.1, -0.05) is 20.8 Å². The van der Waals surface area contributed by atoms with E-state index in [0.29, 0.717) is 37.6 Å². The molecule has 0 aromatic carbocycles. The van der Waals surface area contributed by atoms with Crippen LogP contribution in [0.25, 0.3) is 0 Å². The van der Waals surface area contributed by atoms with Crippen molar-refractivity contribution >= 4 is 12.4 Å². The summed E-state index contributed by atoms with van der Waals surface area (Å²) >= 11 is 0. The molecule has 4 nitrogen and oxygen atoms in total. The van der Waals surface area contributed by atoms with Gasteiger partial charge in [-0.15, -0.1) is 0 Å². The van der Waals surface area contributed by atoms with Crippen molar-refractivity contribution in [2.75, 3.05) is 6.54 Å². The van der Waals surface area contributed by atoms with Crippen LogP contribution in [0.4, 0.5) is 0 Å². The lowest BCUT2D eigenvalue weighted by Crippen LogP contribution is -2.56. The van der Waals surface area contributed by atoms with Gasteiger partial charge in [-0.3, -0.25) is 4.79 Å². The maximum atomic E-state index is 11.6. The van der Waals surface area contributed by atoms with E-state index in [-0.39, 0.29) is 0 Å². The average Bonchev–Trinajstić information content (AvgIpc) is 2.35. The molecule has 0 bridgehead atoms. The third kappa shape index (κ3) is 2.85. The van der Waals surface area contributed by atoms with E-state index >= 15 is 0 Å². The minimum absolute atomic E-state index is 0.530. The summed E-state index contributed by atoms with van der Waals surface area (Å²) < 4.78 is 0. The maximum absolute atomic E-state index is 11.6. The van der Waals surface area contributed by atoms with Gasteiger partial charge in [0, 0.05) is 6.54 Å². The molecule has 0 saturated heterocycles. The van der Waals surface area contributed by atoms with E-state index in [1.54, 1.807) is 0 Å². The molecule has 0 aliphatic heterocycles. The number of carboxylic acids is 1. The smallest absolute Gasteiger partial charge is 0.329 e. The van der Waals surface area contributed by atoms with Gasteiger partial charge >= 0.3 is 5.97 Å². The van der Waals surface area contributed by atoms with Crippen molar-refractivity contribution in [3.05, 3.63) is 0 Å². The van der Waals surface area contributed by atoms with Gasteiger partial charge in [0.25, 0.3) is 0 Å². The van der Waals surface area contributed by atoms with Gasteiger partial charge in [0.15, 0.2) is 0 Å². The molecule has 4 heteroatoms. The van der Waals surface area contributed by atoms with E-state index in [4.69, 9.17) is 0 Å². The number of hydrogen-bond donors (Lipinski definition) is 1. The molecule has 0 atom stereocenters. The predicted molar refractivity (Wildman–Crippen MR) is 70.2 cm³/mol. The van der Waals surface area contributed by atoms with Crippen LogP contribution in [0, 0.1) is 11.8 Å². The van der Waals surface area contributed by atoms with Gasteiger partial charge < -0.3 is 10.0 Å². The van der Waals surface area contributed by atoms with E-state index in [1.165, 1.54) is 4.90 Å². The lowest BCUT2D eigenvalue weighted by Gasteiger charge is -2.44. The van der Waals surface area contributed by atoms with Crippen LogP contribution >= 0.6 is 0 Å². The molecule has 0 radical (unpaired) electrons. The third-order valence-electron chi connectivity index (χ3n) is 4.34. The Morgan fingerprint density at radius 1 is 1.44 bits per heavy atom. The fourth-order valence-corrected chi connectivity index (χ4v) is 3.02. The van der Waals surface area contributed by atoms with Crippen LogP contribution in [0.15, 0.2) is 0 Å². The van der Waals surface area contributed by atoms with Gasteiger partial charge in [0.2, 0.25) is 6.41 Å². The summed E-state index contributed by atoms with van der Waals surface area (Å²) in [4.78, 5) is 24.3. The second-order valence-corrected chi connectivity index (χ2v) is 5.72. The number of hydrogen-bond acceptors (Lipinski definition) is 2. The SMILES string of the molecule is CCCN(C=O)C1(C(=O)O)CCC(C(C)C)CC1. The zero-order chi connectivity index (χ0) is 13.8. The molecule has 1 amide bonds. The van der Waals surface area contributed by atoms with E-state index in [0.717, 1.165) is 19.3 Å². The number of amides is 1. The first-order valence-corrected chi connectivity index (χ1v) is 6.93. The Morgan fingerprint density at radius 3 is 2.33 bits per heavy atom. The molecule has 1 aliphatic carbocycles. The van der Waals surface area contributed by atoms with Crippen molar-refractivity contribution in [1.82, 2.24) is 4.90 Å². The Bertz CT molecular complexity index is 293. The highest BCUT2D eigenvalue weighted by atomic mass is 16.4. The van der Waals surface area contributed by atoms with E-state index in [1.807, 2.05) is 6.92 Å². The first-order valence-electron chi connectivity index (χ1n) is 6.93. The molecule has 0 aromatic heterocycles. The minimum Gasteiger partial charge on any atom is -0.479 e. The van der Waals surface area contributed by atoms with Crippen LogP contribution in [0.1, 0.15) is 52.9 Å². The molecule has 0 heterocycles. The van der Waals surface area contributed by atoms with E-state index < -0.39 is 11.5 Å². The largest absolute Gasteiger partial charge is 0.479 e. The zero-order valence-electron chi connectivity index (χ0n) is 11.7. The summed E-state index contributed by atoms with van der Waals surface area (Å²) in [6.45, 7) is 6.86. The van der Waals surface area contributed by atoms with Crippen molar-refractivity contribution in [2.24, 2.45) is 11.8 Å². The van der Waals surface area contributed by atoms with Crippen LogP contribution in [0.3, 0.4) is 0 Å². The molecular formula is C14H25NO3. The lowest BCUT2D eigenvalue weighted by molar-refractivity contribution is -0.158. The third-order valence-corrected chi connectivity index (χ3v) is 4.34. The number of nitrogens with zero attached hydrogens (tertiary/aromatic N) is 1. The first kappa shape index (κ1) is 15.0. The van der Waals surface area contributed by atoms with E-state index in [2.05, 4.69) is 13.8 Å². The molecule has 1 fully saturated rings. The van der Waals surface area contributed by atoms with Crippen molar-refractivity contribution in [3.8, 4) is 0 Å². The zero-order valence-corrected chi connectivity index (χ0v) is 11.7. The first-order chi connectivity index (χ1) is 8.47. The molecule has 1 rings (SSSR count). The Kier molecular flexibility index (Phi) is 5.17. The summed E-state index contributed by atoms with van der Waals surface area (Å²) in [5, 5.41) is 9.54. The highest BCUT2D eigenvalue weighted by molar-refractivity contribution is 5.81. The summed E-state index contributed by atoms with van der Waals surface area (Å²) in [6, 6.07) is 0. The Morgan fingerprint density at radius 2 is 2.00 bits per heavy atom. The van der Waals surface area contributed by atoms with Gasteiger partial charge in [-0.05, 0) is 43.9 Å². The molecular weight excluding hydrogens is 230 g/mol. The normalized spacial score (nSPS) is 28.1. The molecule has 104 valence electrons. The number of rotatable bonds is 6. The van der Waals surface area contributed by atoms with Crippen LogP contribution in [0.5, 0.6) is 0 Å². The quantitative estimate of drug-likeness (QED) is 0.742. The topological polar surface area (TPSA) is 57.6 Å². The van der Waals surface area contributed by atoms with E-state index in [9.17, 15) is 14.7 Å². The maximum Gasteiger partial charge on any atom is 0.329 e. The molecule has 1 N–H and O–H groups in total. The Hall–Kier alpha value is -1.06. The number of aliphatic carboxylic acids is 1. The van der Waals surface area contributed by atoms with Gasteiger partial charge in [0.1, 0.15) is 5.54 Å². The van der Waals surface area contributed by atoms with Crippen molar-refractivity contribution in [3.63, 3.8) is 0 Å². The Labute approximate surface area is 109 Å². The molecule has 0 aromatic rings. The number of carbonyl (C=O) groups is 2. The van der Waals surface area contributed by atoms with Gasteiger partial charge in [0.05, 0.1) is 0 Å². The lowest BCUT2D eigenvalue weighted by atomic mass is 9.72. The summed E-state index contributed by atoms with van der Waals surface area (Å²) in [6.07, 6.45) is 4.48. The van der Waals surface area contributed by atoms with Crippen molar-refractivity contribution < 1.29 is 14.7 Å². The van der Waals surface area contributed by atoms with Crippen LogP contribution in [0.2, 0.25) is 0 Å². The Balaban J connectivity index is 2.84.